The molecule has 18 rings (SSSR count). The van der Waals surface area contributed by atoms with E-state index in [1.165, 1.54) is 304 Å². The van der Waals surface area contributed by atoms with E-state index in [0.29, 0.717) is 48.8 Å². The first kappa shape index (κ1) is 119. The van der Waals surface area contributed by atoms with Crippen LogP contribution in [0.3, 0.4) is 0 Å². The number of nitrogens with zero attached hydrogens (tertiary/aromatic N) is 2. The number of piperidine rings is 10. The fourth-order valence-corrected chi connectivity index (χ4v) is 18.2. The minimum atomic E-state index is 0.402. The molecule has 7 unspecified atom stereocenters. The number of morpholine rings is 4. The fraction of sp³-hybridized carbons (Fsp3) is 1.00. The third kappa shape index (κ3) is 73.5. The SMILES string of the molecule is C1CCNC1.C1CCNCC1.C1CCNCC1.C1NCC2CC12.CC1CCCC(C)N1.CC1CCCCN1.CC1CNCC(C)O1.CN(C)[C@@H]1CCNC1.CN(C)[C@H]1CCNC1.C[C@@H]1CCCCN1.C[C@@H]1CCC[C@@H](C)N1.C[C@@H]1CCC[C@H](C)N1.C[C@@H]1CNC[C@@H](C)O1.C[C@@H]1CNC[C@H](C)O1.C[C@H]1CCCCN1.C[C@H]1CCC[C@H](C)N1.C[C@H]1CNC[C@H](C)O1. The maximum atomic E-state index is 5.42. The Morgan fingerprint density at radius 2 is 0.379 bits per heavy atom. The van der Waals surface area contributed by atoms with Crippen LogP contribution < -0.4 is 90.4 Å². The molecule has 23 atom stereocenters. The van der Waals surface area contributed by atoms with Crippen LogP contribution in [0.4, 0.5) is 0 Å². The van der Waals surface area contributed by atoms with Gasteiger partial charge in [-0.1, -0.05) is 57.8 Å². The van der Waals surface area contributed by atoms with Crippen LogP contribution >= 0.6 is 0 Å². The van der Waals surface area contributed by atoms with E-state index in [4.69, 9.17) is 18.9 Å². The van der Waals surface area contributed by atoms with Gasteiger partial charge in [-0.25, -0.2) is 0 Å². The minimum absolute atomic E-state index is 0.402. The van der Waals surface area contributed by atoms with E-state index in [1.807, 2.05) is 0 Å². The van der Waals surface area contributed by atoms with Crippen molar-refractivity contribution in [3.8, 4) is 0 Å². The number of hydrogen-bond acceptors (Lipinski definition) is 23. The molecule has 23 heteroatoms. The molecule has 17 saturated heterocycles. The molecule has 18 aliphatic rings. The van der Waals surface area contributed by atoms with Gasteiger partial charge in [0.2, 0.25) is 0 Å². The monoisotopic (exact) mass is 1760 g/mol. The molecule has 0 aromatic heterocycles. The van der Waals surface area contributed by atoms with E-state index in [2.05, 4.69) is 260 Å². The summed E-state index contributed by atoms with van der Waals surface area (Å²) >= 11 is 0. The summed E-state index contributed by atoms with van der Waals surface area (Å²) in [5.41, 5.74) is 0. The van der Waals surface area contributed by atoms with Gasteiger partial charge in [0.15, 0.2) is 0 Å². The van der Waals surface area contributed by atoms with E-state index in [9.17, 15) is 0 Å². The molecule has 0 bridgehead atoms. The summed E-state index contributed by atoms with van der Waals surface area (Å²) in [5, 5.41) is 56.8. The molecule has 17 heterocycles. The summed E-state index contributed by atoms with van der Waals surface area (Å²) in [6, 6.07) is 10.0. The van der Waals surface area contributed by atoms with Crippen molar-refractivity contribution in [2.45, 2.75) is 464 Å². The van der Waals surface area contributed by atoms with Gasteiger partial charge in [-0.3, -0.25) is 0 Å². The Kier molecular flexibility index (Phi) is 76.3. The van der Waals surface area contributed by atoms with Crippen LogP contribution in [0.25, 0.3) is 0 Å². The molecule has 0 spiro atoms. The molecule has 0 radical (unpaired) electrons. The topological polar surface area (TPSA) is 248 Å². The second-order valence-corrected chi connectivity index (χ2v) is 41.0. The summed E-state index contributed by atoms with van der Waals surface area (Å²) in [6.45, 7) is 68.1. The summed E-state index contributed by atoms with van der Waals surface area (Å²) in [4.78, 5) is 4.56. The lowest BCUT2D eigenvalue weighted by Crippen LogP contribution is -2.41. The van der Waals surface area contributed by atoms with Crippen LogP contribution in [-0.2, 0) is 18.9 Å². The number of nitrogens with one attached hydrogen (secondary N) is 17. The highest BCUT2D eigenvalue weighted by Gasteiger charge is 2.40. The van der Waals surface area contributed by atoms with E-state index >= 15 is 0 Å². The lowest BCUT2D eigenvalue weighted by molar-refractivity contribution is -0.0168. The molecule has 17 N–H and O–H groups in total. The lowest BCUT2D eigenvalue weighted by Gasteiger charge is -2.25. The zero-order valence-corrected chi connectivity index (χ0v) is 86.2. The normalized spacial score (nSPS) is 35.7. The number of ether oxygens (including phenoxy) is 4. The smallest absolute Gasteiger partial charge is 0.0675 e. The first-order valence-corrected chi connectivity index (χ1v) is 52.8. The average molecular weight is 1760 g/mol. The number of fused-ring (bicyclic) bond motifs is 1. The van der Waals surface area contributed by atoms with Gasteiger partial charge in [0.1, 0.15) is 0 Å². The molecule has 124 heavy (non-hydrogen) atoms. The Morgan fingerprint density at radius 3 is 0.468 bits per heavy atom. The van der Waals surface area contributed by atoms with Crippen LogP contribution in [0.15, 0.2) is 0 Å². The van der Waals surface area contributed by atoms with Crippen LogP contribution in [0.1, 0.15) is 337 Å². The van der Waals surface area contributed by atoms with Gasteiger partial charge in [-0.2, -0.15) is 0 Å². The van der Waals surface area contributed by atoms with Gasteiger partial charge in [0, 0.05) is 144 Å². The summed E-state index contributed by atoms with van der Waals surface area (Å²) in [7, 11) is 8.55. The predicted octanol–water partition coefficient (Wildman–Crippen LogP) is 13.1. The second kappa shape index (κ2) is 79.5. The van der Waals surface area contributed by atoms with E-state index in [-0.39, 0.29) is 0 Å². The van der Waals surface area contributed by atoms with E-state index < -0.39 is 0 Å². The molecule has 0 amide bonds. The maximum absolute atomic E-state index is 5.42. The third-order valence-electron chi connectivity index (χ3n) is 26.1. The van der Waals surface area contributed by atoms with Crippen LogP contribution in [0.5, 0.6) is 0 Å². The molecule has 1 aliphatic carbocycles. The molecule has 1 saturated carbocycles. The zero-order chi connectivity index (χ0) is 91.2. The summed E-state index contributed by atoms with van der Waals surface area (Å²) in [5.74, 6) is 2.20. The molecule has 0 aromatic carbocycles. The van der Waals surface area contributed by atoms with Gasteiger partial charge in [-0.15, -0.1) is 0 Å². The second-order valence-electron chi connectivity index (χ2n) is 41.0. The van der Waals surface area contributed by atoms with Crippen molar-refractivity contribution in [2.24, 2.45) is 11.8 Å². The summed E-state index contributed by atoms with van der Waals surface area (Å²) < 4.78 is 21.7. The van der Waals surface area contributed by atoms with Crippen molar-refractivity contribution in [2.75, 3.05) is 179 Å². The van der Waals surface area contributed by atoms with Crippen molar-refractivity contribution in [3.05, 3.63) is 0 Å². The number of hydrogen-bond donors (Lipinski definition) is 17. The Morgan fingerprint density at radius 1 is 0.177 bits per heavy atom. The average Bonchev–Trinajstić information content (AvgIpc) is 1.67. The van der Waals surface area contributed by atoms with Crippen molar-refractivity contribution in [3.63, 3.8) is 0 Å². The predicted molar refractivity (Wildman–Crippen MR) is 539 cm³/mol. The van der Waals surface area contributed by atoms with E-state index in [0.717, 1.165) is 143 Å². The Balaban J connectivity index is 0.000000447. The highest BCUT2D eigenvalue weighted by molar-refractivity contribution is 4.94. The van der Waals surface area contributed by atoms with Crippen molar-refractivity contribution < 1.29 is 18.9 Å². The van der Waals surface area contributed by atoms with E-state index in [1.54, 1.807) is 0 Å². The van der Waals surface area contributed by atoms with Gasteiger partial charge in [-0.05, 0) is 404 Å². The van der Waals surface area contributed by atoms with Crippen molar-refractivity contribution in [1.29, 1.82) is 0 Å². The molecular weight excluding hydrogens is 1540 g/mol. The van der Waals surface area contributed by atoms with Crippen LogP contribution in [-0.4, -0.2) is 316 Å². The van der Waals surface area contributed by atoms with Gasteiger partial charge < -0.3 is 119 Å². The maximum Gasteiger partial charge on any atom is 0.0675 e. The highest BCUT2D eigenvalue weighted by Crippen LogP contribution is 2.40. The summed E-state index contributed by atoms with van der Waals surface area (Å²) in [6.07, 6.45) is 47.7. The van der Waals surface area contributed by atoms with Crippen LogP contribution in [0, 0.1) is 11.8 Å². The van der Waals surface area contributed by atoms with Crippen molar-refractivity contribution >= 4 is 0 Å². The van der Waals surface area contributed by atoms with Crippen LogP contribution in [0.2, 0.25) is 0 Å². The minimum Gasteiger partial charge on any atom is -0.373 e. The molecule has 17 aliphatic heterocycles. The standard InChI is InChI=1S/4C7H15N.2C6H14N2.4C6H13NO.3C6H13N.C5H9N.2C5H11N.C4H9N/c4*1-6-4-3-5-7(2)8-6;2*1-8(2)6-3-4-7-5-6;4*1-5-3-7-4-6(2)8-5;3*1-6-4-2-3-5-7-6;1-4-2-6-3-5(1)4;2*1-2-4-6-5-3-1;1-2-4-5-3-1/h4*6-8H,3-5H2,1-2H3;2*6-7H,3-5H2,1-2H3;4*5-7H,3-4H2,1-2H3;3*6-7H,2-5H2,1H3;4-6H,1-3H2;2*6H,1-5H2;5H,1-4H2/t6-,7+;2*6-,7-;;2*6-;5-,6+;2*5-,6-;;2*6-;;;;;/m.10.10.10.10...../s1. The zero-order valence-electron chi connectivity index (χ0n) is 86.2. The Bertz CT molecular complexity index is 1830. The number of rotatable bonds is 2. The van der Waals surface area contributed by atoms with Crippen molar-refractivity contribution in [1.82, 2.24) is 100 Å². The Hall–Kier alpha value is -0.920. The first-order chi connectivity index (χ1) is 59.6. The number of likely N-dealkylation sites (N-methyl/N-ethyl adjacent to an activating group) is 2. The van der Waals surface area contributed by atoms with Gasteiger partial charge in [0.05, 0.1) is 48.8 Å². The lowest BCUT2D eigenvalue weighted by atomic mass is 10.0. The molecular formula is C101H219N19O4. The van der Waals surface area contributed by atoms with Gasteiger partial charge >= 0.3 is 0 Å². The fourth-order valence-electron chi connectivity index (χ4n) is 18.2. The third-order valence-corrected chi connectivity index (χ3v) is 26.1. The van der Waals surface area contributed by atoms with Gasteiger partial charge in [0.25, 0.3) is 0 Å². The molecule has 0 aromatic rings. The quantitative estimate of drug-likeness (QED) is 0.123. The molecule has 23 nitrogen and oxygen atoms in total. The molecule has 742 valence electrons. The largest absolute Gasteiger partial charge is 0.373 e. The highest BCUT2D eigenvalue weighted by atomic mass is 16.5. The first-order valence-electron chi connectivity index (χ1n) is 52.8. The molecule has 18 fully saturated rings. The Labute approximate surface area is 770 Å².